The zero-order valence-electron chi connectivity index (χ0n) is 14.3. The van der Waals surface area contributed by atoms with Crippen LogP contribution in [-0.2, 0) is 23.2 Å². The molecule has 2 aromatic rings. The molecule has 26 heavy (non-hydrogen) atoms. The van der Waals surface area contributed by atoms with Crippen LogP contribution in [0.1, 0.15) is 28.5 Å². The van der Waals surface area contributed by atoms with Crippen LogP contribution in [0.2, 0.25) is 0 Å². The number of likely N-dealkylation sites (N-methyl/N-ethyl adjacent to an activating group) is 1. The van der Waals surface area contributed by atoms with Gasteiger partial charge in [0.15, 0.2) is 23.0 Å². The van der Waals surface area contributed by atoms with Gasteiger partial charge in [-0.3, -0.25) is 4.90 Å². The minimum Gasteiger partial charge on any atom is -0.454 e. The predicted molar refractivity (Wildman–Crippen MR) is 89.6 cm³/mol. The Morgan fingerprint density at radius 2 is 1.77 bits per heavy atom. The van der Waals surface area contributed by atoms with E-state index in [4.69, 9.17) is 23.7 Å². The number of rotatable bonds is 0. The average Bonchev–Trinajstić information content (AvgIpc) is 3.39. The van der Waals surface area contributed by atoms with Crippen molar-refractivity contribution in [2.45, 2.75) is 30.7 Å². The Balaban J connectivity index is 1.44. The van der Waals surface area contributed by atoms with Gasteiger partial charge in [0.2, 0.25) is 13.6 Å². The second kappa shape index (κ2) is 4.27. The highest BCUT2D eigenvalue weighted by molar-refractivity contribution is 5.59. The lowest BCUT2D eigenvalue weighted by Crippen LogP contribution is -2.39. The number of hydrogen-bond donors (Lipinski definition) is 0. The maximum Gasteiger partial charge on any atom is 0.231 e. The first kappa shape index (κ1) is 13.7. The molecule has 1 aliphatic carbocycles. The highest BCUT2D eigenvalue weighted by Crippen LogP contribution is 2.61. The van der Waals surface area contributed by atoms with E-state index in [1.807, 2.05) is 6.07 Å². The van der Waals surface area contributed by atoms with Crippen LogP contribution in [0.15, 0.2) is 24.3 Å². The lowest BCUT2D eigenvalue weighted by Gasteiger charge is -2.34. The molecule has 4 aliphatic heterocycles. The fourth-order valence-electron chi connectivity index (χ4n) is 5.42. The highest BCUT2D eigenvalue weighted by Gasteiger charge is 2.61. The fraction of sp³-hybridized carbons (Fsp3) is 0.400. The molecule has 0 aromatic heterocycles. The number of fused-ring (bicyclic) bond motifs is 7. The van der Waals surface area contributed by atoms with Crippen LogP contribution in [0, 0.1) is 0 Å². The Morgan fingerprint density at radius 3 is 2.69 bits per heavy atom. The molecule has 5 aliphatic rings. The monoisotopic (exact) mass is 351 g/mol. The molecule has 3 atom stereocenters. The van der Waals surface area contributed by atoms with Crippen LogP contribution in [-0.4, -0.2) is 31.6 Å². The van der Waals surface area contributed by atoms with Gasteiger partial charge in [0, 0.05) is 18.0 Å². The van der Waals surface area contributed by atoms with E-state index >= 15 is 0 Å². The summed E-state index contributed by atoms with van der Waals surface area (Å²) < 4.78 is 29.3. The van der Waals surface area contributed by atoms with Gasteiger partial charge < -0.3 is 23.7 Å². The number of hydrogen-bond acceptors (Lipinski definition) is 6. The lowest BCUT2D eigenvalue weighted by molar-refractivity contribution is -0.0742. The molecule has 2 bridgehead atoms. The van der Waals surface area contributed by atoms with E-state index in [0.29, 0.717) is 6.79 Å². The first-order valence-electron chi connectivity index (χ1n) is 8.99. The van der Waals surface area contributed by atoms with Gasteiger partial charge in [-0.1, -0.05) is 6.07 Å². The maximum atomic E-state index is 6.75. The van der Waals surface area contributed by atoms with Crippen LogP contribution < -0.4 is 18.9 Å². The van der Waals surface area contributed by atoms with Crippen molar-refractivity contribution in [2.24, 2.45) is 0 Å². The molecular weight excluding hydrogens is 334 g/mol. The smallest absolute Gasteiger partial charge is 0.231 e. The van der Waals surface area contributed by atoms with Gasteiger partial charge in [-0.15, -0.1) is 0 Å². The van der Waals surface area contributed by atoms with E-state index in [9.17, 15) is 0 Å². The quantitative estimate of drug-likeness (QED) is 0.727. The summed E-state index contributed by atoms with van der Waals surface area (Å²) in [4.78, 5) is 2.35. The van der Waals surface area contributed by atoms with Crippen LogP contribution in [0.25, 0.3) is 0 Å². The third-order valence-corrected chi connectivity index (χ3v) is 6.56. The third kappa shape index (κ3) is 1.40. The standard InChI is InChI=1S/C20H17NO5/c1-21-16-5-11-4-14-15(24-8-23-14)6-12(11)20(16)7-10-2-3-13-18(25-9-22-13)17(10)19(21)26-20/h2-4,6,16,19H,5,7-9H2,1H3/t16-,19+,20+/m0/s1. The van der Waals surface area contributed by atoms with Crippen LogP contribution in [0.5, 0.6) is 23.0 Å². The van der Waals surface area contributed by atoms with E-state index in [0.717, 1.165) is 41.4 Å². The molecule has 0 amide bonds. The summed E-state index contributed by atoms with van der Waals surface area (Å²) in [5, 5.41) is 0. The Kier molecular flexibility index (Phi) is 2.25. The molecule has 1 saturated heterocycles. The van der Waals surface area contributed by atoms with E-state index in [2.05, 4.69) is 30.1 Å². The zero-order valence-corrected chi connectivity index (χ0v) is 14.3. The van der Waals surface area contributed by atoms with Crippen molar-refractivity contribution < 1.29 is 23.7 Å². The Morgan fingerprint density at radius 1 is 0.962 bits per heavy atom. The SMILES string of the molecule is CN1[C@@H]2O[C@]3(Cc4ccc5c(c42)OCO5)c2cc4c(cc2C[C@H]13)OCO4. The minimum atomic E-state index is -0.337. The third-order valence-electron chi connectivity index (χ3n) is 6.56. The number of ether oxygens (including phenoxy) is 5. The molecule has 0 radical (unpaired) electrons. The average molecular weight is 351 g/mol. The second-order valence-electron chi connectivity index (χ2n) is 7.66. The van der Waals surface area contributed by atoms with E-state index in [1.165, 1.54) is 16.7 Å². The molecule has 0 N–H and O–H groups in total. The summed E-state index contributed by atoms with van der Waals surface area (Å²) in [5.41, 5.74) is 4.62. The highest BCUT2D eigenvalue weighted by atomic mass is 16.7. The van der Waals surface area contributed by atoms with E-state index in [1.54, 1.807) is 0 Å². The Bertz CT molecular complexity index is 989. The van der Waals surface area contributed by atoms with E-state index in [-0.39, 0.29) is 24.7 Å². The Labute approximate surface area is 150 Å². The molecule has 2 aromatic carbocycles. The largest absolute Gasteiger partial charge is 0.454 e. The zero-order chi connectivity index (χ0) is 17.0. The predicted octanol–water partition coefficient (Wildman–Crippen LogP) is 2.48. The molecule has 1 fully saturated rings. The molecule has 7 rings (SSSR count). The van der Waals surface area contributed by atoms with Crippen molar-refractivity contribution >= 4 is 0 Å². The molecule has 0 saturated carbocycles. The summed E-state index contributed by atoms with van der Waals surface area (Å²) in [6.45, 7) is 0.577. The normalized spacial score (nSPS) is 31.7. The first-order valence-corrected chi connectivity index (χ1v) is 8.99. The van der Waals surface area contributed by atoms with Gasteiger partial charge in [-0.05, 0) is 48.4 Å². The van der Waals surface area contributed by atoms with Crippen molar-refractivity contribution in [1.82, 2.24) is 4.90 Å². The molecule has 132 valence electrons. The number of benzene rings is 2. The Hall–Kier alpha value is -2.44. The number of nitrogens with zero attached hydrogens (tertiary/aromatic N) is 1. The van der Waals surface area contributed by atoms with Crippen LogP contribution in [0.4, 0.5) is 0 Å². The first-order chi connectivity index (χ1) is 12.7. The summed E-state index contributed by atoms with van der Waals surface area (Å²) in [5.74, 6) is 3.33. The minimum absolute atomic E-state index is 0.112. The lowest BCUT2D eigenvalue weighted by atomic mass is 9.83. The van der Waals surface area contributed by atoms with Gasteiger partial charge in [-0.25, -0.2) is 0 Å². The van der Waals surface area contributed by atoms with Crippen LogP contribution >= 0.6 is 0 Å². The summed E-state index contributed by atoms with van der Waals surface area (Å²) in [6.07, 6.45) is 1.67. The molecular formula is C20H17NO5. The molecule has 1 spiro atoms. The second-order valence-corrected chi connectivity index (χ2v) is 7.66. The van der Waals surface area contributed by atoms with Gasteiger partial charge in [-0.2, -0.15) is 0 Å². The molecule has 0 unspecified atom stereocenters. The van der Waals surface area contributed by atoms with Crippen molar-refractivity contribution in [3.05, 3.63) is 46.5 Å². The molecule has 6 heteroatoms. The van der Waals surface area contributed by atoms with Crippen molar-refractivity contribution in [1.29, 1.82) is 0 Å². The topological polar surface area (TPSA) is 49.4 Å². The van der Waals surface area contributed by atoms with Gasteiger partial charge in [0.1, 0.15) is 11.8 Å². The fourth-order valence-corrected chi connectivity index (χ4v) is 5.42. The summed E-state index contributed by atoms with van der Waals surface area (Å²) >= 11 is 0. The van der Waals surface area contributed by atoms with Crippen molar-refractivity contribution in [2.75, 3.05) is 20.6 Å². The molecule has 6 nitrogen and oxygen atoms in total. The summed E-state index contributed by atoms with van der Waals surface area (Å²) in [6, 6.07) is 8.74. The summed E-state index contributed by atoms with van der Waals surface area (Å²) in [7, 11) is 2.15. The van der Waals surface area contributed by atoms with Crippen molar-refractivity contribution in [3.8, 4) is 23.0 Å². The maximum absolute atomic E-state index is 6.75. The molecule has 4 heterocycles. The van der Waals surface area contributed by atoms with Gasteiger partial charge >= 0.3 is 0 Å². The van der Waals surface area contributed by atoms with Crippen LogP contribution in [0.3, 0.4) is 0 Å². The van der Waals surface area contributed by atoms with Crippen molar-refractivity contribution in [3.63, 3.8) is 0 Å². The van der Waals surface area contributed by atoms with E-state index < -0.39 is 0 Å². The van der Waals surface area contributed by atoms with Gasteiger partial charge in [0.25, 0.3) is 0 Å². The van der Waals surface area contributed by atoms with Gasteiger partial charge in [0.05, 0.1) is 0 Å².